The molecule has 1 nitrogen and oxygen atoms in total. The standard InChI is InChI=1S/C18H12I3OP/c19-13-4-1-7-16(10-13)23(22,17-8-2-5-14(20)11-17)18-9-3-6-15(21)12-18/h1-12H. The van der Waals surface area contributed by atoms with E-state index in [1.807, 2.05) is 72.8 Å². The average Bonchev–Trinajstić information content (AvgIpc) is 2.54. The normalized spacial score (nSPS) is 11.4. The van der Waals surface area contributed by atoms with Gasteiger partial charge in [0.25, 0.3) is 0 Å². The van der Waals surface area contributed by atoms with Gasteiger partial charge in [0.2, 0.25) is 0 Å². The molecular formula is C18H12I3OP. The Kier molecular flexibility index (Phi) is 5.86. The minimum absolute atomic E-state index is 0.883. The molecule has 0 saturated heterocycles. The summed E-state index contributed by atoms with van der Waals surface area (Å²) in [4.78, 5) is 0. The van der Waals surface area contributed by atoms with E-state index in [1.54, 1.807) is 0 Å². The second-order valence-electron chi connectivity index (χ2n) is 5.05. The summed E-state index contributed by atoms with van der Waals surface area (Å²) in [5, 5.41) is 2.65. The van der Waals surface area contributed by atoms with Gasteiger partial charge in [-0.1, -0.05) is 36.4 Å². The monoisotopic (exact) mass is 656 g/mol. The number of benzene rings is 3. The third-order valence-electron chi connectivity index (χ3n) is 3.52. The van der Waals surface area contributed by atoms with Crippen molar-refractivity contribution in [1.29, 1.82) is 0 Å². The summed E-state index contributed by atoms with van der Waals surface area (Å²) in [6.07, 6.45) is 0. The maximum Gasteiger partial charge on any atom is 0.171 e. The van der Waals surface area contributed by atoms with Crippen molar-refractivity contribution in [3.8, 4) is 0 Å². The van der Waals surface area contributed by atoms with E-state index >= 15 is 0 Å². The van der Waals surface area contributed by atoms with Gasteiger partial charge in [0.15, 0.2) is 7.14 Å². The average molecular weight is 656 g/mol. The quantitative estimate of drug-likeness (QED) is 0.282. The largest absolute Gasteiger partial charge is 0.309 e. The zero-order chi connectivity index (χ0) is 16.4. The van der Waals surface area contributed by atoms with Crippen molar-refractivity contribution in [3.05, 3.63) is 83.5 Å². The molecule has 0 fully saturated rings. The molecule has 0 radical (unpaired) electrons. The van der Waals surface area contributed by atoms with Gasteiger partial charge in [0.05, 0.1) is 0 Å². The van der Waals surface area contributed by atoms with Crippen LogP contribution in [0.1, 0.15) is 0 Å². The highest BCUT2D eigenvalue weighted by Gasteiger charge is 2.30. The van der Waals surface area contributed by atoms with Gasteiger partial charge in [0.1, 0.15) is 0 Å². The zero-order valence-corrected chi connectivity index (χ0v) is 19.3. The van der Waals surface area contributed by atoms with Gasteiger partial charge < -0.3 is 4.57 Å². The molecular weight excluding hydrogens is 644 g/mol. The number of halogens is 3. The first-order valence-electron chi connectivity index (χ1n) is 6.88. The Hall–Kier alpha value is 0.0800. The van der Waals surface area contributed by atoms with E-state index in [1.165, 1.54) is 0 Å². The number of hydrogen-bond acceptors (Lipinski definition) is 1. The SMILES string of the molecule is O=P(c1cccc(I)c1)(c1cccc(I)c1)c1cccc(I)c1. The minimum atomic E-state index is -2.87. The van der Waals surface area contributed by atoms with Gasteiger partial charge in [0, 0.05) is 26.6 Å². The maximum atomic E-state index is 14.3. The zero-order valence-electron chi connectivity index (χ0n) is 11.9. The minimum Gasteiger partial charge on any atom is -0.309 e. The Morgan fingerprint density at radius 1 is 0.565 bits per heavy atom. The first-order chi connectivity index (χ1) is 11.0. The van der Waals surface area contributed by atoms with Crippen molar-refractivity contribution < 1.29 is 4.57 Å². The molecule has 0 unspecified atom stereocenters. The molecule has 0 saturated carbocycles. The van der Waals surface area contributed by atoms with Crippen LogP contribution in [0.5, 0.6) is 0 Å². The molecule has 23 heavy (non-hydrogen) atoms. The Morgan fingerprint density at radius 3 is 1.13 bits per heavy atom. The molecule has 0 bridgehead atoms. The molecule has 0 aliphatic carbocycles. The topological polar surface area (TPSA) is 17.1 Å². The van der Waals surface area contributed by atoms with Crippen LogP contribution in [0, 0.1) is 10.7 Å². The number of rotatable bonds is 3. The van der Waals surface area contributed by atoms with Crippen LogP contribution in [0.15, 0.2) is 72.8 Å². The van der Waals surface area contributed by atoms with Crippen molar-refractivity contribution in [1.82, 2.24) is 0 Å². The maximum absolute atomic E-state index is 14.3. The lowest BCUT2D eigenvalue weighted by atomic mass is 10.4. The summed E-state index contributed by atoms with van der Waals surface area (Å²) in [6.45, 7) is 0. The first kappa shape index (κ1) is 17.9. The molecule has 0 aromatic heterocycles. The highest BCUT2D eigenvalue weighted by Crippen LogP contribution is 2.43. The van der Waals surface area contributed by atoms with Crippen LogP contribution >= 0.6 is 74.9 Å². The molecule has 3 rings (SSSR count). The third kappa shape index (κ3) is 3.85. The third-order valence-corrected chi connectivity index (χ3v) is 8.54. The summed E-state index contributed by atoms with van der Waals surface area (Å²) in [7, 11) is -2.87. The summed E-state index contributed by atoms with van der Waals surface area (Å²) < 4.78 is 17.5. The van der Waals surface area contributed by atoms with E-state index < -0.39 is 7.14 Å². The molecule has 116 valence electrons. The van der Waals surface area contributed by atoms with E-state index in [4.69, 9.17) is 0 Å². The molecule has 0 heterocycles. The van der Waals surface area contributed by atoms with Gasteiger partial charge in [-0.05, 0) is 104 Å². The lowest BCUT2D eigenvalue weighted by Crippen LogP contribution is -2.25. The van der Waals surface area contributed by atoms with Gasteiger partial charge in [-0.2, -0.15) is 0 Å². The fraction of sp³-hybridized carbons (Fsp3) is 0. The van der Waals surface area contributed by atoms with E-state index in [9.17, 15) is 4.57 Å². The molecule has 0 amide bonds. The van der Waals surface area contributed by atoms with Crippen LogP contribution < -0.4 is 15.9 Å². The second kappa shape index (κ2) is 7.54. The predicted molar refractivity (Wildman–Crippen MR) is 124 cm³/mol. The molecule has 0 aliphatic rings. The second-order valence-corrected chi connectivity index (χ2v) is 11.6. The van der Waals surface area contributed by atoms with Crippen molar-refractivity contribution in [3.63, 3.8) is 0 Å². The van der Waals surface area contributed by atoms with Crippen LogP contribution in [0.4, 0.5) is 0 Å². The molecule has 0 atom stereocenters. The van der Waals surface area contributed by atoms with Crippen molar-refractivity contribution in [2.45, 2.75) is 0 Å². The Bertz CT molecular complexity index is 790. The van der Waals surface area contributed by atoms with Gasteiger partial charge >= 0.3 is 0 Å². The summed E-state index contributed by atoms with van der Waals surface area (Å²) in [5.41, 5.74) is 0. The van der Waals surface area contributed by atoms with Crippen molar-refractivity contribution >= 4 is 90.8 Å². The molecule has 5 heteroatoms. The van der Waals surface area contributed by atoms with Gasteiger partial charge in [-0.25, -0.2) is 0 Å². The van der Waals surface area contributed by atoms with E-state index in [0.29, 0.717) is 0 Å². The van der Waals surface area contributed by atoms with E-state index in [0.717, 1.165) is 26.6 Å². The van der Waals surface area contributed by atoms with Crippen molar-refractivity contribution in [2.24, 2.45) is 0 Å². The number of hydrogen-bond donors (Lipinski definition) is 0. The molecule has 0 spiro atoms. The first-order valence-corrected chi connectivity index (χ1v) is 11.8. The smallest absolute Gasteiger partial charge is 0.171 e. The predicted octanol–water partition coefficient (Wildman–Crippen LogP) is 5.14. The lowest BCUT2D eigenvalue weighted by molar-refractivity contribution is 0.592. The summed E-state index contributed by atoms with van der Waals surface area (Å²) >= 11 is 6.82. The van der Waals surface area contributed by atoms with Crippen LogP contribution in [0.3, 0.4) is 0 Å². The van der Waals surface area contributed by atoms with Gasteiger partial charge in [-0.15, -0.1) is 0 Å². The van der Waals surface area contributed by atoms with Crippen LogP contribution in [-0.4, -0.2) is 0 Å². The molecule has 3 aromatic carbocycles. The van der Waals surface area contributed by atoms with Crippen LogP contribution in [0.25, 0.3) is 0 Å². The van der Waals surface area contributed by atoms with Crippen LogP contribution in [-0.2, 0) is 4.57 Å². The molecule has 0 N–H and O–H groups in total. The highest BCUT2D eigenvalue weighted by atomic mass is 127. The van der Waals surface area contributed by atoms with Crippen molar-refractivity contribution in [2.75, 3.05) is 0 Å². The Labute approximate surface area is 177 Å². The van der Waals surface area contributed by atoms with Crippen LogP contribution in [0.2, 0.25) is 0 Å². The fourth-order valence-corrected chi connectivity index (χ4v) is 7.58. The van der Waals surface area contributed by atoms with E-state index in [-0.39, 0.29) is 0 Å². The fourth-order valence-electron chi connectivity index (χ4n) is 2.46. The Morgan fingerprint density at radius 2 is 0.870 bits per heavy atom. The van der Waals surface area contributed by atoms with E-state index in [2.05, 4.69) is 67.8 Å². The molecule has 3 aromatic rings. The summed E-state index contributed by atoms with van der Waals surface area (Å²) in [5.74, 6) is 0. The summed E-state index contributed by atoms with van der Waals surface area (Å²) in [6, 6.07) is 24.0. The lowest BCUT2D eigenvalue weighted by Gasteiger charge is -2.20. The molecule has 0 aliphatic heterocycles. The Balaban J connectivity index is 2.32. The highest BCUT2D eigenvalue weighted by molar-refractivity contribution is 14.1. The van der Waals surface area contributed by atoms with Gasteiger partial charge in [-0.3, -0.25) is 0 Å².